The molecule has 0 fully saturated rings. The molecule has 1 aromatic carbocycles. The van der Waals surface area contributed by atoms with Gasteiger partial charge in [0.25, 0.3) is 0 Å². The number of nitrogens with one attached hydrogen (secondary N) is 2. The first kappa shape index (κ1) is 18.4. The number of guanidine groups is 1. The Bertz CT molecular complexity index is 898. The van der Waals surface area contributed by atoms with E-state index in [1.807, 2.05) is 65.1 Å². The summed E-state index contributed by atoms with van der Waals surface area (Å²) in [7, 11) is 3.60. The van der Waals surface area contributed by atoms with Gasteiger partial charge in [0.1, 0.15) is 5.15 Å². The fraction of sp³-hybridized carbons (Fsp3) is 0.222. The Morgan fingerprint density at radius 1 is 1.15 bits per heavy atom. The molecule has 0 unspecified atom stereocenters. The number of halogens is 2. The summed E-state index contributed by atoms with van der Waals surface area (Å²) in [4.78, 5) is 4.23. The molecule has 0 saturated heterocycles. The third kappa shape index (κ3) is 4.20. The minimum Gasteiger partial charge on any atom is -0.352 e. The Balaban J connectivity index is 1.56. The predicted molar refractivity (Wildman–Crippen MR) is 106 cm³/mol. The molecule has 0 bridgehead atoms. The van der Waals surface area contributed by atoms with Gasteiger partial charge in [0.15, 0.2) is 5.96 Å². The summed E-state index contributed by atoms with van der Waals surface area (Å²) in [5, 5.41) is 12.0. The van der Waals surface area contributed by atoms with E-state index in [2.05, 4.69) is 20.7 Å². The molecule has 0 amide bonds. The highest BCUT2D eigenvalue weighted by Crippen LogP contribution is 2.24. The van der Waals surface area contributed by atoms with E-state index in [0.717, 1.165) is 16.9 Å². The summed E-state index contributed by atoms with van der Waals surface area (Å²) >= 11 is 12.1. The second-order valence-corrected chi connectivity index (χ2v) is 6.51. The van der Waals surface area contributed by atoms with E-state index in [1.54, 1.807) is 7.05 Å². The topological polar surface area (TPSA) is 59.2 Å². The first-order valence-corrected chi connectivity index (χ1v) is 8.87. The van der Waals surface area contributed by atoms with Crippen LogP contribution < -0.4 is 10.6 Å². The summed E-state index contributed by atoms with van der Waals surface area (Å²) < 4.78 is 3.69. The quantitative estimate of drug-likeness (QED) is 0.518. The molecule has 2 aromatic heterocycles. The van der Waals surface area contributed by atoms with Gasteiger partial charge in [-0.1, -0.05) is 41.4 Å². The SMILES string of the molecule is CN=C(NCc1cnn(-c2ccccc2)c1)NCc1cc(Cl)c(Cl)n1C. The van der Waals surface area contributed by atoms with Crippen LogP contribution in [0, 0.1) is 0 Å². The van der Waals surface area contributed by atoms with Gasteiger partial charge in [0.05, 0.1) is 23.5 Å². The van der Waals surface area contributed by atoms with Crippen LogP contribution in [-0.4, -0.2) is 27.4 Å². The van der Waals surface area contributed by atoms with E-state index in [9.17, 15) is 0 Å². The van der Waals surface area contributed by atoms with Crippen LogP contribution in [0.2, 0.25) is 10.2 Å². The lowest BCUT2D eigenvalue weighted by Crippen LogP contribution is -2.36. The highest BCUT2D eigenvalue weighted by atomic mass is 35.5. The second-order valence-electron chi connectivity index (χ2n) is 5.74. The van der Waals surface area contributed by atoms with Crippen LogP contribution in [0.3, 0.4) is 0 Å². The maximum Gasteiger partial charge on any atom is 0.191 e. The van der Waals surface area contributed by atoms with Gasteiger partial charge in [-0.2, -0.15) is 5.10 Å². The van der Waals surface area contributed by atoms with Gasteiger partial charge in [0, 0.05) is 38.1 Å². The molecule has 0 atom stereocenters. The summed E-state index contributed by atoms with van der Waals surface area (Å²) in [5.41, 5.74) is 3.06. The maximum absolute atomic E-state index is 6.09. The maximum atomic E-state index is 6.09. The minimum absolute atomic E-state index is 0.528. The molecular formula is C18H20Cl2N6. The second kappa shape index (κ2) is 8.29. The molecule has 0 aliphatic heterocycles. The number of nitrogens with zero attached hydrogens (tertiary/aromatic N) is 4. The van der Waals surface area contributed by atoms with Crippen molar-refractivity contribution in [1.82, 2.24) is 25.0 Å². The van der Waals surface area contributed by atoms with Gasteiger partial charge in [-0.05, 0) is 18.2 Å². The van der Waals surface area contributed by atoms with Gasteiger partial charge >= 0.3 is 0 Å². The van der Waals surface area contributed by atoms with Crippen molar-refractivity contribution in [1.29, 1.82) is 0 Å². The Labute approximate surface area is 162 Å². The number of hydrogen-bond donors (Lipinski definition) is 2. The summed E-state index contributed by atoms with van der Waals surface area (Å²) in [5.74, 6) is 0.686. The molecule has 3 rings (SSSR count). The summed E-state index contributed by atoms with van der Waals surface area (Å²) in [6.07, 6.45) is 3.83. The van der Waals surface area contributed by atoms with Crippen molar-refractivity contribution >= 4 is 29.2 Å². The molecule has 3 aromatic rings. The van der Waals surface area contributed by atoms with E-state index in [0.29, 0.717) is 29.2 Å². The Morgan fingerprint density at radius 3 is 2.54 bits per heavy atom. The van der Waals surface area contributed by atoms with Crippen LogP contribution >= 0.6 is 23.2 Å². The highest BCUT2D eigenvalue weighted by Gasteiger charge is 2.09. The van der Waals surface area contributed by atoms with Gasteiger partial charge in [0.2, 0.25) is 0 Å². The van der Waals surface area contributed by atoms with E-state index in [1.165, 1.54) is 0 Å². The van der Waals surface area contributed by atoms with Crippen LogP contribution in [0.25, 0.3) is 5.69 Å². The first-order chi connectivity index (χ1) is 12.6. The Hall–Kier alpha value is -2.44. The van der Waals surface area contributed by atoms with Crippen molar-refractivity contribution in [2.45, 2.75) is 13.1 Å². The number of benzene rings is 1. The molecule has 0 radical (unpaired) electrons. The Morgan fingerprint density at radius 2 is 1.88 bits per heavy atom. The highest BCUT2D eigenvalue weighted by molar-refractivity contribution is 6.41. The van der Waals surface area contributed by atoms with E-state index < -0.39 is 0 Å². The van der Waals surface area contributed by atoms with Crippen molar-refractivity contribution in [3.05, 3.63) is 70.2 Å². The van der Waals surface area contributed by atoms with Gasteiger partial charge in [-0.25, -0.2) is 4.68 Å². The normalized spacial score (nSPS) is 11.6. The minimum atomic E-state index is 0.528. The molecule has 0 saturated carbocycles. The molecule has 2 N–H and O–H groups in total. The fourth-order valence-electron chi connectivity index (χ4n) is 2.51. The average molecular weight is 391 g/mol. The van der Waals surface area contributed by atoms with Crippen LogP contribution in [0.15, 0.2) is 53.8 Å². The van der Waals surface area contributed by atoms with Crippen molar-refractivity contribution in [2.75, 3.05) is 7.05 Å². The first-order valence-electron chi connectivity index (χ1n) is 8.11. The largest absolute Gasteiger partial charge is 0.352 e. The molecule has 26 heavy (non-hydrogen) atoms. The molecule has 8 heteroatoms. The zero-order chi connectivity index (χ0) is 18.5. The fourth-order valence-corrected chi connectivity index (χ4v) is 2.93. The van der Waals surface area contributed by atoms with Gasteiger partial charge < -0.3 is 15.2 Å². The zero-order valence-corrected chi connectivity index (χ0v) is 16.1. The zero-order valence-electron chi connectivity index (χ0n) is 14.6. The smallest absolute Gasteiger partial charge is 0.191 e. The lowest BCUT2D eigenvalue weighted by Gasteiger charge is -2.11. The lowest BCUT2D eigenvalue weighted by molar-refractivity contribution is 0.750. The number of rotatable bonds is 5. The monoisotopic (exact) mass is 390 g/mol. The predicted octanol–water partition coefficient (Wildman–Crippen LogP) is 3.38. The number of hydrogen-bond acceptors (Lipinski definition) is 2. The molecule has 0 aliphatic rings. The molecule has 0 aliphatic carbocycles. The van der Waals surface area contributed by atoms with E-state index in [-0.39, 0.29) is 0 Å². The third-order valence-electron chi connectivity index (χ3n) is 3.99. The van der Waals surface area contributed by atoms with Gasteiger partial charge in [-0.15, -0.1) is 0 Å². The molecule has 2 heterocycles. The molecule has 6 nitrogen and oxygen atoms in total. The molecule has 0 spiro atoms. The molecule has 136 valence electrons. The number of para-hydroxylation sites is 1. The van der Waals surface area contributed by atoms with Crippen molar-refractivity contribution in [3.8, 4) is 5.69 Å². The number of aromatic nitrogens is 3. The standard InChI is InChI=1S/C18H20Cl2N6/c1-21-18(23-11-15-8-16(19)17(20)25(15)2)22-9-13-10-24-26(12-13)14-6-4-3-5-7-14/h3-8,10,12H,9,11H2,1-2H3,(H2,21,22,23). The summed E-state index contributed by atoms with van der Waals surface area (Å²) in [6, 6.07) is 11.8. The Kier molecular flexibility index (Phi) is 5.85. The van der Waals surface area contributed by atoms with Crippen LogP contribution in [-0.2, 0) is 20.1 Å². The number of aliphatic imine (C=N–C) groups is 1. The van der Waals surface area contributed by atoms with E-state index >= 15 is 0 Å². The lowest BCUT2D eigenvalue weighted by atomic mass is 10.3. The van der Waals surface area contributed by atoms with Crippen molar-refractivity contribution in [3.63, 3.8) is 0 Å². The van der Waals surface area contributed by atoms with Crippen molar-refractivity contribution < 1.29 is 0 Å². The average Bonchev–Trinajstić information content (AvgIpc) is 3.23. The van der Waals surface area contributed by atoms with Crippen LogP contribution in [0.5, 0.6) is 0 Å². The van der Waals surface area contributed by atoms with Gasteiger partial charge in [-0.3, -0.25) is 4.99 Å². The van der Waals surface area contributed by atoms with Crippen molar-refractivity contribution in [2.24, 2.45) is 12.0 Å². The molecular weight excluding hydrogens is 371 g/mol. The summed E-state index contributed by atoms with van der Waals surface area (Å²) in [6.45, 7) is 1.17. The van der Waals surface area contributed by atoms with Crippen LogP contribution in [0.4, 0.5) is 0 Å². The third-order valence-corrected chi connectivity index (χ3v) is 4.84. The van der Waals surface area contributed by atoms with E-state index in [4.69, 9.17) is 23.2 Å². The van der Waals surface area contributed by atoms with Crippen LogP contribution in [0.1, 0.15) is 11.3 Å².